The summed E-state index contributed by atoms with van der Waals surface area (Å²) >= 11 is 1.60. The Morgan fingerprint density at radius 3 is 2.26 bits per heavy atom. The Morgan fingerprint density at radius 1 is 1.00 bits per heavy atom. The highest BCUT2D eigenvalue weighted by Gasteiger charge is 2.22. The van der Waals surface area contributed by atoms with Gasteiger partial charge in [-0.25, -0.2) is 4.79 Å². The summed E-state index contributed by atoms with van der Waals surface area (Å²) in [5.41, 5.74) is 1.49. The Hall–Kier alpha value is -2.60. The molecule has 1 N–H and O–H groups in total. The lowest BCUT2D eigenvalue weighted by molar-refractivity contribution is -0.145. The van der Waals surface area contributed by atoms with E-state index in [1.165, 1.54) is 7.11 Å². The molecule has 0 aliphatic rings. The van der Waals surface area contributed by atoms with Gasteiger partial charge in [0.15, 0.2) is 5.78 Å². The van der Waals surface area contributed by atoms with Crippen LogP contribution in [0.2, 0.25) is 0 Å². The van der Waals surface area contributed by atoms with Crippen LogP contribution in [0.15, 0.2) is 59.5 Å². The van der Waals surface area contributed by atoms with Crippen molar-refractivity contribution in [1.29, 1.82) is 0 Å². The second kappa shape index (κ2) is 10.5. The van der Waals surface area contributed by atoms with Crippen molar-refractivity contribution in [3.63, 3.8) is 0 Å². The van der Waals surface area contributed by atoms with Crippen molar-refractivity contribution in [1.82, 2.24) is 5.32 Å². The predicted molar refractivity (Wildman–Crippen MR) is 106 cm³/mol. The molecule has 0 heterocycles. The molecule has 0 radical (unpaired) electrons. The third kappa shape index (κ3) is 6.57. The summed E-state index contributed by atoms with van der Waals surface area (Å²) in [4.78, 5) is 37.5. The first-order chi connectivity index (χ1) is 13.0. The van der Waals surface area contributed by atoms with E-state index in [-0.39, 0.29) is 24.5 Å². The Labute approximate surface area is 163 Å². The van der Waals surface area contributed by atoms with Crippen molar-refractivity contribution in [3.05, 3.63) is 65.7 Å². The molecule has 0 spiro atoms. The van der Waals surface area contributed by atoms with Crippen LogP contribution in [0.3, 0.4) is 0 Å². The van der Waals surface area contributed by atoms with Crippen LogP contribution in [0.25, 0.3) is 0 Å². The molecule has 6 heteroatoms. The van der Waals surface area contributed by atoms with Gasteiger partial charge in [-0.05, 0) is 24.0 Å². The highest BCUT2D eigenvalue weighted by Crippen LogP contribution is 2.16. The number of carbonyl (C=O) groups is 3. The van der Waals surface area contributed by atoms with Crippen LogP contribution in [-0.4, -0.2) is 37.1 Å². The van der Waals surface area contributed by atoms with Crippen molar-refractivity contribution in [2.75, 3.05) is 13.4 Å². The van der Waals surface area contributed by atoms with E-state index < -0.39 is 12.0 Å². The van der Waals surface area contributed by atoms with E-state index in [1.807, 2.05) is 48.7 Å². The first kappa shape index (κ1) is 20.7. The monoisotopic (exact) mass is 385 g/mol. The van der Waals surface area contributed by atoms with Crippen molar-refractivity contribution in [2.45, 2.75) is 30.2 Å². The number of esters is 1. The molecule has 0 aliphatic heterocycles. The van der Waals surface area contributed by atoms with Gasteiger partial charge in [0.2, 0.25) is 5.91 Å². The van der Waals surface area contributed by atoms with Gasteiger partial charge in [-0.1, -0.05) is 42.5 Å². The Morgan fingerprint density at radius 2 is 1.67 bits per heavy atom. The van der Waals surface area contributed by atoms with Crippen LogP contribution in [0.4, 0.5) is 0 Å². The zero-order chi connectivity index (χ0) is 19.6. The normalized spacial score (nSPS) is 11.5. The molecule has 0 bridgehead atoms. The number of hydrogen-bond donors (Lipinski definition) is 1. The minimum Gasteiger partial charge on any atom is -0.467 e. The van der Waals surface area contributed by atoms with Crippen LogP contribution < -0.4 is 5.32 Å². The predicted octanol–water partition coefficient (Wildman–Crippen LogP) is 3.27. The van der Waals surface area contributed by atoms with E-state index in [1.54, 1.807) is 23.9 Å². The molecule has 5 nitrogen and oxygen atoms in total. The van der Waals surface area contributed by atoms with E-state index >= 15 is 0 Å². The SMILES string of the molecule is COC(=O)C(Cc1ccccc1)NC(=O)CCC(=O)c1ccc(SC)cc1. The van der Waals surface area contributed by atoms with Gasteiger partial charge in [-0.3, -0.25) is 9.59 Å². The standard InChI is InChI=1S/C21H23NO4S/c1-26-21(25)18(14-15-6-4-3-5-7-15)22-20(24)13-12-19(23)16-8-10-17(27-2)11-9-16/h3-11,18H,12-14H2,1-2H3,(H,22,24). The van der Waals surface area contributed by atoms with E-state index in [2.05, 4.69) is 5.32 Å². The fraction of sp³-hybridized carbons (Fsp3) is 0.286. The number of ketones is 1. The third-order valence-corrected chi connectivity index (χ3v) is 4.84. The molecule has 0 saturated carbocycles. The smallest absolute Gasteiger partial charge is 0.328 e. The van der Waals surface area contributed by atoms with E-state index in [0.717, 1.165) is 10.5 Å². The lowest BCUT2D eigenvalue weighted by atomic mass is 10.0. The molecule has 2 rings (SSSR count). The summed E-state index contributed by atoms with van der Waals surface area (Å²) in [5.74, 6) is -0.961. The number of methoxy groups -OCH3 is 1. The molecule has 0 fully saturated rings. The largest absolute Gasteiger partial charge is 0.467 e. The summed E-state index contributed by atoms with van der Waals surface area (Å²) < 4.78 is 4.78. The molecule has 0 saturated heterocycles. The number of benzene rings is 2. The van der Waals surface area contributed by atoms with Gasteiger partial charge in [0.05, 0.1) is 7.11 Å². The molecular weight excluding hydrogens is 362 g/mol. The molecule has 27 heavy (non-hydrogen) atoms. The van der Waals surface area contributed by atoms with Crippen LogP contribution in [0.1, 0.15) is 28.8 Å². The van der Waals surface area contributed by atoms with Gasteiger partial charge >= 0.3 is 5.97 Å². The van der Waals surface area contributed by atoms with Crippen molar-refractivity contribution < 1.29 is 19.1 Å². The maximum Gasteiger partial charge on any atom is 0.328 e. The van der Waals surface area contributed by atoms with Crippen LogP contribution in [-0.2, 0) is 20.7 Å². The van der Waals surface area contributed by atoms with E-state index in [0.29, 0.717) is 12.0 Å². The molecule has 2 aromatic rings. The Kier molecular flexibility index (Phi) is 8.07. The number of amides is 1. The summed E-state index contributed by atoms with van der Waals surface area (Å²) in [6.45, 7) is 0. The van der Waals surface area contributed by atoms with Crippen molar-refractivity contribution >= 4 is 29.4 Å². The first-order valence-electron chi connectivity index (χ1n) is 8.62. The highest BCUT2D eigenvalue weighted by atomic mass is 32.2. The maximum atomic E-state index is 12.2. The summed E-state index contributed by atoms with van der Waals surface area (Å²) in [6, 6.07) is 15.9. The third-order valence-electron chi connectivity index (χ3n) is 4.09. The molecule has 1 atom stereocenters. The van der Waals surface area contributed by atoms with Gasteiger partial charge in [0, 0.05) is 29.7 Å². The Balaban J connectivity index is 1.90. The summed E-state index contributed by atoms with van der Waals surface area (Å²) in [7, 11) is 1.29. The minimum absolute atomic E-state index is 0.0192. The lowest BCUT2D eigenvalue weighted by Gasteiger charge is -2.16. The zero-order valence-corrected chi connectivity index (χ0v) is 16.3. The molecule has 1 amide bonds. The summed E-state index contributed by atoms with van der Waals surface area (Å²) in [5, 5.41) is 2.67. The average Bonchev–Trinajstić information content (AvgIpc) is 2.71. The molecular formula is C21H23NO4S. The van der Waals surface area contributed by atoms with Gasteiger partial charge < -0.3 is 10.1 Å². The number of rotatable bonds is 9. The minimum atomic E-state index is -0.777. The quantitative estimate of drug-likeness (QED) is 0.407. The van der Waals surface area contributed by atoms with Gasteiger partial charge in [-0.2, -0.15) is 0 Å². The van der Waals surface area contributed by atoms with Crippen molar-refractivity contribution in [2.24, 2.45) is 0 Å². The van der Waals surface area contributed by atoms with Crippen LogP contribution >= 0.6 is 11.8 Å². The second-order valence-electron chi connectivity index (χ2n) is 5.98. The average molecular weight is 385 g/mol. The van der Waals surface area contributed by atoms with E-state index in [9.17, 15) is 14.4 Å². The number of ether oxygens (including phenoxy) is 1. The Bertz CT molecular complexity index is 775. The lowest BCUT2D eigenvalue weighted by Crippen LogP contribution is -2.43. The maximum absolute atomic E-state index is 12.2. The number of hydrogen-bond acceptors (Lipinski definition) is 5. The topological polar surface area (TPSA) is 72.5 Å². The van der Waals surface area contributed by atoms with Crippen molar-refractivity contribution in [3.8, 4) is 0 Å². The summed E-state index contributed by atoms with van der Waals surface area (Å²) in [6.07, 6.45) is 2.41. The molecule has 1 unspecified atom stereocenters. The van der Waals surface area contributed by atoms with Gasteiger partial charge in [-0.15, -0.1) is 11.8 Å². The number of carbonyl (C=O) groups excluding carboxylic acids is 3. The van der Waals surface area contributed by atoms with Crippen LogP contribution in [0.5, 0.6) is 0 Å². The second-order valence-corrected chi connectivity index (χ2v) is 6.86. The van der Waals surface area contributed by atoms with Gasteiger partial charge in [0.1, 0.15) is 6.04 Å². The number of Topliss-reactive ketones (excluding diaryl/α,β-unsaturated/α-hetero) is 1. The molecule has 2 aromatic carbocycles. The number of thioether (sulfide) groups is 1. The molecule has 142 valence electrons. The fourth-order valence-electron chi connectivity index (χ4n) is 2.60. The highest BCUT2D eigenvalue weighted by molar-refractivity contribution is 7.98. The fourth-order valence-corrected chi connectivity index (χ4v) is 3.01. The van der Waals surface area contributed by atoms with Gasteiger partial charge in [0.25, 0.3) is 0 Å². The first-order valence-corrected chi connectivity index (χ1v) is 9.84. The van der Waals surface area contributed by atoms with E-state index in [4.69, 9.17) is 4.74 Å². The van der Waals surface area contributed by atoms with Crippen LogP contribution in [0, 0.1) is 0 Å². The number of nitrogens with one attached hydrogen (secondary N) is 1. The molecule has 0 aromatic heterocycles. The molecule has 0 aliphatic carbocycles. The zero-order valence-electron chi connectivity index (χ0n) is 15.4.